The van der Waals surface area contributed by atoms with Crippen LogP contribution in [0.25, 0.3) is 0 Å². The predicted octanol–water partition coefficient (Wildman–Crippen LogP) is 1.92. The van der Waals surface area contributed by atoms with Crippen molar-refractivity contribution in [3.05, 3.63) is 24.3 Å². The first-order valence-electron chi connectivity index (χ1n) is 6.18. The van der Waals surface area contributed by atoms with E-state index in [0.29, 0.717) is 11.4 Å². The van der Waals surface area contributed by atoms with E-state index in [1.807, 2.05) is 24.3 Å². The summed E-state index contributed by atoms with van der Waals surface area (Å²) in [7, 11) is -1.83. The van der Waals surface area contributed by atoms with Crippen molar-refractivity contribution in [2.45, 2.75) is 24.3 Å². The highest BCUT2D eigenvalue weighted by Crippen LogP contribution is 2.24. The molecule has 0 bridgehead atoms. The number of benzene rings is 1. The van der Waals surface area contributed by atoms with Gasteiger partial charge < -0.3 is 5.73 Å². The lowest BCUT2D eigenvalue weighted by Gasteiger charge is -2.22. The molecule has 0 aliphatic carbocycles. The Labute approximate surface area is 124 Å². The van der Waals surface area contributed by atoms with Crippen LogP contribution >= 0.6 is 11.8 Å². The number of sulfonamides is 1. The number of anilines is 1. The molecule has 1 aromatic rings. The second kappa shape index (κ2) is 7.53. The molecule has 0 fully saturated rings. The van der Waals surface area contributed by atoms with Gasteiger partial charge in [-0.2, -0.15) is 5.26 Å². The van der Waals surface area contributed by atoms with E-state index < -0.39 is 10.0 Å². The van der Waals surface area contributed by atoms with Gasteiger partial charge in [-0.1, -0.05) is 12.1 Å². The van der Waals surface area contributed by atoms with Crippen LogP contribution in [0.4, 0.5) is 5.69 Å². The summed E-state index contributed by atoms with van der Waals surface area (Å²) in [6.07, 6.45) is 0.189. The number of nitrogens with zero attached hydrogens (tertiary/aromatic N) is 2. The molecule has 0 aliphatic heterocycles. The summed E-state index contributed by atoms with van der Waals surface area (Å²) in [6.45, 7) is 1.73. The van der Waals surface area contributed by atoms with Gasteiger partial charge in [-0.25, -0.2) is 12.7 Å². The van der Waals surface area contributed by atoms with Crippen LogP contribution in [-0.4, -0.2) is 37.3 Å². The summed E-state index contributed by atoms with van der Waals surface area (Å²) in [5.74, 6) is 0.457. The predicted molar refractivity (Wildman–Crippen MR) is 82.8 cm³/mol. The summed E-state index contributed by atoms with van der Waals surface area (Å²) < 4.78 is 25.5. The zero-order chi connectivity index (χ0) is 15.2. The molecule has 0 spiro atoms. The van der Waals surface area contributed by atoms with Crippen LogP contribution in [0, 0.1) is 11.3 Å². The highest BCUT2D eigenvalue weighted by atomic mass is 32.2. The van der Waals surface area contributed by atoms with E-state index in [1.165, 1.54) is 23.1 Å². The molecule has 0 aromatic heterocycles. The molecule has 1 rings (SSSR count). The zero-order valence-corrected chi connectivity index (χ0v) is 13.2. The second-order valence-electron chi connectivity index (χ2n) is 4.43. The summed E-state index contributed by atoms with van der Waals surface area (Å²) in [4.78, 5) is 0.885. The van der Waals surface area contributed by atoms with Gasteiger partial charge in [0.15, 0.2) is 0 Å². The van der Waals surface area contributed by atoms with Crippen molar-refractivity contribution in [3.8, 4) is 6.07 Å². The maximum absolute atomic E-state index is 12.1. The van der Waals surface area contributed by atoms with Crippen molar-refractivity contribution < 1.29 is 8.42 Å². The van der Waals surface area contributed by atoms with Crippen LogP contribution in [0.15, 0.2) is 29.2 Å². The van der Waals surface area contributed by atoms with Gasteiger partial charge >= 0.3 is 0 Å². The molecule has 5 nitrogen and oxygen atoms in total. The minimum atomic E-state index is -3.34. The fourth-order valence-electron chi connectivity index (χ4n) is 1.55. The summed E-state index contributed by atoms with van der Waals surface area (Å²) in [6, 6.07) is 9.04. The first kappa shape index (κ1) is 16.8. The number of rotatable bonds is 7. The SMILES string of the molecule is CC(CC#N)N(C)S(=O)(=O)CCSc1ccccc1N. The van der Waals surface area contributed by atoms with Crippen molar-refractivity contribution in [2.24, 2.45) is 0 Å². The molecule has 1 atom stereocenters. The molecule has 0 saturated carbocycles. The van der Waals surface area contributed by atoms with Gasteiger partial charge in [0, 0.05) is 29.4 Å². The molecule has 1 unspecified atom stereocenters. The minimum Gasteiger partial charge on any atom is -0.398 e. The standard InChI is InChI=1S/C13H19N3O2S2/c1-11(7-8-14)16(2)20(17,18)10-9-19-13-6-4-3-5-12(13)15/h3-6,11H,7,9-10,15H2,1-2H3. The Hall–Kier alpha value is -1.23. The molecule has 20 heavy (non-hydrogen) atoms. The number of nitrogens with two attached hydrogens (primary N) is 1. The van der Waals surface area contributed by atoms with Crippen LogP contribution in [0.2, 0.25) is 0 Å². The lowest BCUT2D eigenvalue weighted by Crippen LogP contribution is -2.37. The average molecular weight is 313 g/mol. The van der Waals surface area contributed by atoms with Crippen LogP contribution in [-0.2, 0) is 10.0 Å². The highest BCUT2D eigenvalue weighted by Gasteiger charge is 2.22. The Morgan fingerprint density at radius 3 is 2.70 bits per heavy atom. The Kier molecular flexibility index (Phi) is 6.33. The van der Waals surface area contributed by atoms with Gasteiger partial charge in [0.2, 0.25) is 10.0 Å². The molecule has 0 saturated heterocycles. The van der Waals surface area contributed by atoms with E-state index in [-0.39, 0.29) is 18.2 Å². The van der Waals surface area contributed by atoms with Crippen molar-refractivity contribution in [2.75, 3.05) is 24.3 Å². The van der Waals surface area contributed by atoms with Crippen molar-refractivity contribution in [1.82, 2.24) is 4.31 Å². The first-order chi connectivity index (χ1) is 9.38. The normalized spacial score (nSPS) is 13.1. The summed E-state index contributed by atoms with van der Waals surface area (Å²) in [5.41, 5.74) is 6.46. The number of thioether (sulfide) groups is 1. The van der Waals surface area contributed by atoms with Crippen LogP contribution in [0.1, 0.15) is 13.3 Å². The average Bonchev–Trinajstić information content (AvgIpc) is 2.40. The largest absolute Gasteiger partial charge is 0.398 e. The quantitative estimate of drug-likeness (QED) is 0.614. The third-order valence-electron chi connectivity index (χ3n) is 2.96. The molecule has 0 amide bonds. The van der Waals surface area contributed by atoms with Crippen molar-refractivity contribution >= 4 is 27.5 Å². The van der Waals surface area contributed by atoms with E-state index in [0.717, 1.165) is 4.90 Å². The number of para-hydroxylation sites is 1. The van der Waals surface area contributed by atoms with Crippen LogP contribution in [0.3, 0.4) is 0 Å². The lowest BCUT2D eigenvalue weighted by molar-refractivity contribution is 0.394. The van der Waals surface area contributed by atoms with Gasteiger partial charge in [0.05, 0.1) is 18.2 Å². The Bertz CT molecular complexity index is 582. The van der Waals surface area contributed by atoms with Crippen LogP contribution < -0.4 is 5.73 Å². The molecule has 7 heteroatoms. The molecular formula is C13H19N3O2S2. The number of nitrogen functional groups attached to an aromatic ring is 1. The van der Waals surface area contributed by atoms with E-state index in [9.17, 15) is 8.42 Å². The van der Waals surface area contributed by atoms with E-state index in [4.69, 9.17) is 11.0 Å². The lowest BCUT2D eigenvalue weighted by atomic mass is 10.3. The summed E-state index contributed by atoms with van der Waals surface area (Å²) in [5, 5.41) is 8.62. The molecule has 0 aliphatic rings. The maximum Gasteiger partial charge on any atom is 0.214 e. The van der Waals surface area contributed by atoms with E-state index in [2.05, 4.69) is 0 Å². The molecule has 0 radical (unpaired) electrons. The van der Waals surface area contributed by atoms with E-state index in [1.54, 1.807) is 13.0 Å². The Morgan fingerprint density at radius 2 is 2.10 bits per heavy atom. The zero-order valence-electron chi connectivity index (χ0n) is 11.6. The van der Waals surface area contributed by atoms with E-state index >= 15 is 0 Å². The molecular weight excluding hydrogens is 294 g/mol. The molecule has 1 aromatic carbocycles. The Morgan fingerprint density at radius 1 is 1.45 bits per heavy atom. The van der Waals surface area contributed by atoms with Gasteiger partial charge in [0.25, 0.3) is 0 Å². The fourth-order valence-corrected chi connectivity index (χ4v) is 4.26. The smallest absolute Gasteiger partial charge is 0.214 e. The number of nitriles is 1. The molecule has 2 N–H and O–H groups in total. The third kappa shape index (κ3) is 4.71. The van der Waals surface area contributed by atoms with Gasteiger partial charge in [-0.05, 0) is 19.1 Å². The maximum atomic E-state index is 12.1. The number of hydrogen-bond acceptors (Lipinski definition) is 5. The van der Waals surface area contributed by atoms with Gasteiger partial charge in [-0.3, -0.25) is 0 Å². The topological polar surface area (TPSA) is 87.2 Å². The summed E-state index contributed by atoms with van der Waals surface area (Å²) >= 11 is 1.42. The van der Waals surface area contributed by atoms with Gasteiger partial charge in [-0.15, -0.1) is 11.8 Å². The fraction of sp³-hybridized carbons (Fsp3) is 0.462. The van der Waals surface area contributed by atoms with Crippen LogP contribution in [0.5, 0.6) is 0 Å². The first-order valence-corrected chi connectivity index (χ1v) is 8.78. The van der Waals surface area contributed by atoms with Crippen molar-refractivity contribution in [1.29, 1.82) is 5.26 Å². The molecule has 0 heterocycles. The second-order valence-corrected chi connectivity index (χ2v) is 7.71. The number of hydrogen-bond donors (Lipinski definition) is 1. The monoisotopic (exact) mass is 313 g/mol. The minimum absolute atomic E-state index is 0.0261. The third-order valence-corrected chi connectivity index (χ3v) is 6.27. The van der Waals surface area contributed by atoms with Crippen molar-refractivity contribution in [3.63, 3.8) is 0 Å². The van der Waals surface area contributed by atoms with Gasteiger partial charge in [0.1, 0.15) is 0 Å². The molecule has 110 valence electrons. The Balaban J connectivity index is 2.56. The highest BCUT2D eigenvalue weighted by molar-refractivity contribution is 8.00.